The second kappa shape index (κ2) is 16.5. The fourth-order valence-electron chi connectivity index (χ4n) is 9.96. The van der Waals surface area contributed by atoms with E-state index in [1.54, 1.807) is 34.2 Å². The lowest BCUT2D eigenvalue weighted by Crippen LogP contribution is -2.51. The fourth-order valence-corrected chi connectivity index (χ4v) is 9.96. The lowest BCUT2D eigenvalue weighted by molar-refractivity contribution is -0.120. The highest BCUT2D eigenvalue weighted by atomic mass is 19.1. The largest absolute Gasteiger partial charge is 0.507 e. The van der Waals surface area contributed by atoms with Gasteiger partial charge >= 0.3 is 6.03 Å². The van der Waals surface area contributed by atoms with E-state index in [1.165, 1.54) is 5.56 Å². The number of alkyl halides is 1. The third-order valence-corrected chi connectivity index (χ3v) is 13.7. The highest BCUT2D eigenvalue weighted by Gasteiger charge is 2.39. The van der Waals surface area contributed by atoms with Gasteiger partial charge in [0.2, 0.25) is 5.91 Å². The first kappa shape index (κ1) is 40.9. The van der Waals surface area contributed by atoms with Gasteiger partial charge in [0.15, 0.2) is 5.82 Å². The number of pyridine rings is 1. The molecule has 4 saturated heterocycles. The average Bonchev–Trinajstić information content (AvgIpc) is 4.07. The molecule has 4 N–H and O–H groups in total. The molecule has 1 aliphatic carbocycles. The zero-order valence-electron chi connectivity index (χ0n) is 35.5. The van der Waals surface area contributed by atoms with Crippen LogP contribution in [-0.4, -0.2) is 117 Å². The summed E-state index contributed by atoms with van der Waals surface area (Å²) in [7, 11) is 0. The number of urea groups is 1. The maximum atomic E-state index is 16.5. The van der Waals surface area contributed by atoms with Crippen molar-refractivity contribution in [2.75, 3.05) is 74.5 Å². The highest BCUT2D eigenvalue weighted by molar-refractivity contribution is 6.06. The molecule has 0 radical (unpaired) electrons. The number of para-hydroxylation sites is 1. The van der Waals surface area contributed by atoms with Crippen LogP contribution in [0.15, 0.2) is 67.0 Å². The number of carbonyl (C=O) groups excluding carboxylic acids is 3. The topological polar surface area (TPSA) is 175 Å². The number of ether oxygens (including phenoxy) is 1. The minimum absolute atomic E-state index is 0.0834. The van der Waals surface area contributed by atoms with E-state index in [2.05, 4.69) is 36.1 Å². The first-order valence-electron chi connectivity index (χ1n) is 22.2. The first-order valence-corrected chi connectivity index (χ1v) is 22.2. The van der Waals surface area contributed by atoms with Gasteiger partial charge < -0.3 is 34.8 Å². The van der Waals surface area contributed by atoms with Crippen molar-refractivity contribution in [3.63, 3.8) is 0 Å². The molecule has 16 heteroatoms. The molecule has 2 aromatic carbocycles. The number of phenolic OH excluding ortho intramolecular Hbond substituents is 1. The van der Waals surface area contributed by atoms with E-state index in [0.717, 1.165) is 60.9 Å². The van der Waals surface area contributed by atoms with Crippen LogP contribution >= 0.6 is 0 Å². The molecule has 0 unspecified atom stereocenters. The molecule has 5 fully saturated rings. The van der Waals surface area contributed by atoms with Crippen LogP contribution in [0.2, 0.25) is 0 Å². The number of hydrogen-bond acceptors (Lipinski definition) is 11. The Morgan fingerprint density at radius 3 is 2.52 bits per heavy atom. The van der Waals surface area contributed by atoms with Crippen molar-refractivity contribution in [2.24, 2.45) is 0 Å². The number of fused-ring (bicyclic) bond motifs is 1. The summed E-state index contributed by atoms with van der Waals surface area (Å²) in [5.41, 5.74) is 12.0. The number of amides is 4. The van der Waals surface area contributed by atoms with Gasteiger partial charge in [0, 0.05) is 100 Å². The predicted molar refractivity (Wildman–Crippen MR) is 237 cm³/mol. The molecule has 1 atom stereocenters. The van der Waals surface area contributed by atoms with Gasteiger partial charge in [0.25, 0.3) is 5.91 Å². The number of carbonyl (C=O) groups is 3. The molecule has 63 heavy (non-hydrogen) atoms. The van der Waals surface area contributed by atoms with E-state index in [-0.39, 0.29) is 36.1 Å². The number of rotatable bonds is 9. The summed E-state index contributed by atoms with van der Waals surface area (Å²) >= 11 is 0. The van der Waals surface area contributed by atoms with Gasteiger partial charge in [-0.2, -0.15) is 0 Å². The number of hydrogen-bond donors (Lipinski definition) is 3. The van der Waals surface area contributed by atoms with Crippen molar-refractivity contribution in [3.8, 4) is 17.0 Å². The van der Waals surface area contributed by atoms with Crippen LogP contribution < -0.4 is 20.9 Å². The normalized spacial score (nSPS) is 21.2. The molecule has 1 saturated carbocycles. The minimum Gasteiger partial charge on any atom is -0.507 e. The Kier molecular flexibility index (Phi) is 10.7. The van der Waals surface area contributed by atoms with E-state index in [1.807, 2.05) is 43.3 Å². The molecule has 5 aliphatic rings. The Balaban J connectivity index is 0.739. The quantitative estimate of drug-likeness (QED) is 0.152. The standard InChI is InChI=1S/C47H53FN10O5/c1-29-22-31(41-27-56(20-21-63-41)39-24-38(52-53-43(39)49)35-4-2-3-5-40(35)59)8-9-34(29)45(61)55-18-13-47(48,14-19-55)28-54-15-10-32(11-16-54)58-26-37(30-6-7-30)36-23-33(25-50-44(36)58)57-17-12-42(60)51-46(57)62/h2-5,8-9,22-26,30,32,41,59H,6-7,10-21,27-28H2,1H3,(H2,49,53)(H,51,60,62)/t41-/m0/s1. The van der Waals surface area contributed by atoms with Crippen molar-refractivity contribution in [1.29, 1.82) is 0 Å². The van der Waals surface area contributed by atoms with E-state index >= 15 is 4.39 Å². The zero-order valence-corrected chi connectivity index (χ0v) is 35.5. The molecule has 15 nitrogen and oxygen atoms in total. The number of anilines is 3. The summed E-state index contributed by atoms with van der Waals surface area (Å²) in [6, 6.07) is 16.5. The Hall–Kier alpha value is -6.13. The highest BCUT2D eigenvalue weighted by Crippen LogP contribution is 2.46. The van der Waals surface area contributed by atoms with Gasteiger partial charge in [0.05, 0.1) is 29.9 Å². The molecule has 10 rings (SSSR count). The minimum atomic E-state index is -1.37. The Bertz CT molecular complexity index is 2580. The lowest BCUT2D eigenvalue weighted by Gasteiger charge is -2.41. The smallest absolute Gasteiger partial charge is 0.328 e. The van der Waals surface area contributed by atoms with Crippen LogP contribution in [-0.2, 0) is 9.53 Å². The van der Waals surface area contributed by atoms with Crippen LogP contribution in [0.5, 0.6) is 5.75 Å². The van der Waals surface area contributed by atoms with Gasteiger partial charge in [-0.15, -0.1) is 10.2 Å². The van der Waals surface area contributed by atoms with Crippen LogP contribution in [0.4, 0.5) is 26.4 Å². The number of nitrogen functional groups attached to an aromatic ring is 1. The van der Waals surface area contributed by atoms with Crippen LogP contribution in [0.3, 0.4) is 0 Å². The molecular formula is C47H53FN10O5. The molecule has 4 amide bonds. The van der Waals surface area contributed by atoms with Gasteiger partial charge in [-0.1, -0.05) is 24.3 Å². The molecule has 328 valence electrons. The molecule has 7 heterocycles. The summed E-state index contributed by atoms with van der Waals surface area (Å²) in [6.45, 7) is 6.48. The van der Waals surface area contributed by atoms with E-state index < -0.39 is 11.7 Å². The molecular weight excluding hydrogens is 804 g/mol. The number of halogens is 1. The number of phenols is 1. The average molecular weight is 857 g/mol. The fraction of sp³-hybridized carbons (Fsp3) is 0.447. The van der Waals surface area contributed by atoms with Crippen molar-refractivity contribution < 1.29 is 28.6 Å². The second-order valence-corrected chi connectivity index (χ2v) is 17.9. The monoisotopic (exact) mass is 856 g/mol. The van der Waals surface area contributed by atoms with E-state index in [4.69, 9.17) is 15.5 Å². The molecule has 0 spiro atoms. The summed E-state index contributed by atoms with van der Waals surface area (Å²) in [4.78, 5) is 50.8. The lowest BCUT2D eigenvalue weighted by atomic mass is 9.90. The van der Waals surface area contributed by atoms with Crippen molar-refractivity contribution in [1.82, 2.24) is 34.9 Å². The van der Waals surface area contributed by atoms with Crippen molar-refractivity contribution in [2.45, 2.75) is 75.6 Å². The van der Waals surface area contributed by atoms with Crippen molar-refractivity contribution in [3.05, 3.63) is 89.2 Å². The van der Waals surface area contributed by atoms with Crippen LogP contribution in [0.25, 0.3) is 22.3 Å². The van der Waals surface area contributed by atoms with Gasteiger partial charge in [0.1, 0.15) is 23.2 Å². The van der Waals surface area contributed by atoms with Crippen LogP contribution in [0.1, 0.15) is 90.1 Å². The Morgan fingerprint density at radius 1 is 0.984 bits per heavy atom. The number of nitrogens with two attached hydrogens (primary N) is 1. The summed E-state index contributed by atoms with van der Waals surface area (Å²) in [6.07, 6.45) is 8.59. The summed E-state index contributed by atoms with van der Waals surface area (Å²) < 4.78 is 25.0. The van der Waals surface area contributed by atoms with E-state index in [0.29, 0.717) is 98.6 Å². The SMILES string of the molecule is Cc1cc([C@@H]2CN(c3cc(-c4ccccc4O)nnc3N)CCO2)ccc1C(=O)N1CCC(F)(CN2CCC(n3cc(C4CC4)c4cc(N5CCC(=O)NC5=O)cnc43)CC2)CC1. The zero-order chi connectivity index (χ0) is 43.4. The number of aromatic nitrogens is 4. The maximum Gasteiger partial charge on any atom is 0.328 e. The van der Waals surface area contributed by atoms with Gasteiger partial charge in [-0.25, -0.2) is 14.2 Å². The van der Waals surface area contributed by atoms with Gasteiger partial charge in [-0.05, 0) is 85.5 Å². The number of imide groups is 1. The number of piperidine rings is 2. The number of aryl methyl sites for hydroxylation is 1. The number of likely N-dealkylation sites (tertiary alicyclic amines) is 2. The van der Waals surface area contributed by atoms with Gasteiger partial charge in [-0.3, -0.25) is 19.8 Å². The van der Waals surface area contributed by atoms with Crippen molar-refractivity contribution >= 4 is 46.1 Å². The number of aromatic hydroxyl groups is 1. The number of nitrogens with zero attached hydrogens (tertiary/aromatic N) is 8. The molecule has 5 aromatic rings. The third-order valence-electron chi connectivity index (χ3n) is 13.7. The number of benzene rings is 2. The number of morpholine rings is 1. The Morgan fingerprint density at radius 2 is 1.78 bits per heavy atom. The van der Waals surface area contributed by atoms with E-state index in [9.17, 15) is 19.5 Å². The summed E-state index contributed by atoms with van der Waals surface area (Å²) in [5, 5.41) is 22.3. The first-order chi connectivity index (χ1) is 30.5. The number of nitrogens with one attached hydrogen (secondary N) is 1. The molecule has 3 aromatic heterocycles. The second-order valence-electron chi connectivity index (χ2n) is 17.9. The maximum absolute atomic E-state index is 16.5. The molecule has 0 bridgehead atoms. The van der Waals surface area contributed by atoms with Crippen LogP contribution in [0, 0.1) is 6.92 Å². The summed E-state index contributed by atoms with van der Waals surface area (Å²) in [5.74, 6) is 0.552. The molecule has 4 aliphatic heterocycles. The third kappa shape index (κ3) is 8.17. The predicted octanol–water partition coefficient (Wildman–Crippen LogP) is 6.27. The Labute approximate surface area is 365 Å².